The Hall–Kier alpha value is -0.240. The molecule has 0 aromatic carbocycles. The van der Waals surface area contributed by atoms with Crippen LogP contribution >= 0.6 is 0 Å². The predicted octanol–water partition coefficient (Wildman–Crippen LogP) is 1.50. The molecular formula is C20H48N6. The minimum atomic E-state index is 0.518. The summed E-state index contributed by atoms with van der Waals surface area (Å²) in [6.45, 7) is 26.0. The highest BCUT2D eigenvalue weighted by Crippen LogP contribution is 1.94. The third-order valence-corrected chi connectivity index (χ3v) is 4.14. The molecule has 6 nitrogen and oxygen atoms in total. The Kier molecular flexibility index (Phi) is 15.6. The van der Waals surface area contributed by atoms with E-state index in [1.165, 1.54) is 0 Å². The van der Waals surface area contributed by atoms with E-state index in [9.17, 15) is 0 Å². The number of nitrogens with one attached hydrogen (secondary N) is 4. The molecule has 0 saturated carbocycles. The first-order valence-corrected chi connectivity index (χ1v) is 10.6. The molecule has 0 aliphatic carbocycles. The largest absolute Gasteiger partial charge is 0.313 e. The van der Waals surface area contributed by atoms with Gasteiger partial charge in [0.2, 0.25) is 0 Å². The molecule has 0 bridgehead atoms. The van der Waals surface area contributed by atoms with E-state index < -0.39 is 0 Å². The Labute approximate surface area is 163 Å². The van der Waals surface area contributed by atoms with Gasteiger partial charge in [-0.1, -0.05) is 27.7 Å². The van der Waals surface area contributed by atoms with Gasteiger partial charge in [0.1, 0.15) is 0 Å². The molecule has 0 radical (unpaired) electrons. The number of nitrogens with zero attached hydrogens (tertiary/aromatic N) is 2. The van der Waals surface area contributed by atoms with Crippen molar-refractivity contribution in [3.63, 3.8) is 0 Å². The molecule has 0 aromatic rings. The molecule has 4 N–H and O–H groups in total. The SMILES string of the molecule is CC(C)NCCN(CCN(CCNC(C)C)CNC(C)C)CNC(C)C. The van der Waals surface area contributed by atoms with Crippen LogP contribution in [0.15, 0.2) is 0 Å². The van der Waals surface area contributed by atoms with Gasteiger partial charge in [0, 0.05) is 76.8 Å². The lowest BCUT2D eigenvalue weighted by Gasteiger charge is -2.30. The van der Waals surface area contributed by atoms with Crippen molar-refractivity contribution in [1.29, 1.82) is 0 Å². The molecule has 0 atom stereocenters. The zero-order valence-electron chi connectivity index (χ0n) is 18.9. The number of rotatable bonds is 17. The highest BCUT2D eigenvalue weighted by molar-refractivity contribution is 4.68. The first-order valence-electron chi connectivity index (χ1n) is 10.6. The van der Waals surface area contributed by atoms with Crippen molar-refractivity contribution in [2.45, 2.75) is 79.6 Å². The van der Waals surface area contributed by atoms with Crippen molar-refractivity contribution in [3.05, 3.63) is 0 Å². The van der Waals surface area contributed by atoms with Crippen LogP contribution < -0.4 is 21.3 Å². The Bertz CT molecular complexity index is 277. The first-order chi connectivity index (χ1) is 12.2. The van der Waals surface area contributed by atoms with Crippen molar-refractivity contribution in [3.8, 4) is 0 Å². The summed E-state index contributed by atoms with van der Waals surface area (Å²) in [5.41, 5.74) is 0. The van der Waals surface area contributed by atoms with Crippen LogP contribution in [0.1, 0.15) is 55.4 Å². The highest BCUT2D eigenvalue weighted by Gasteiger charge is 2.11. The summed E-state index contributed by atoms with van der Waals surface area (Å²) in [5, 5.41) is 14.2. The molecule has 0 unspecified atom stereocenters. The van der Waals surface area contributed by atoms with E-state index in [4.69, 9.17) is 0 Å². The summed E-state index contributed by atoms with van der Waals surface area (Å²) in [6, 6.07) is 2.13. The Morgan fingerprint density at radius 3 is 1.04 bits per heavy atom. The van der Waals surface area contributed by atoms with Crippen molar-refractivity contribution >= 4 is 0 Å². The normalized spacial score (nSPS) is 12.7. The Balaban J connectivity index is 4.45. The van der Waals surface area contributed by atoms with Crippen LogP contribution in [-0.2, 0) is 0 Å². The van der Waals surface area contributed by atoms with E-state index in [1.807, 2.05) is 0 Å². The molecule has 0 heterocycles. The van der Waals surface area contributed by atoms with Gasteiger partial charge in [0.25, 0.3) is 0 Å². The highest BCUT2D eigenvalue weighted by atomic mass is 15.3. The van der Waals surface area contributed by atoms with Crippen LogP contribution in [0.25, 0.3) is 0 Å². The lowest BCUT2D eigenvalue weighted by atomic mass is 10.3. The second-order valence-corrected chi connectivity index (χ2v) is 8.49. The molecule has 0 amide bonds. The van der Waals surface area contributed by atoms with E-state index in [0.29, 0.717) is 24.2 Å². The maximum atomic E-state index is 3.57. The topological polar surface area (TPSA) is 54.6 Å². The summed E-state index contributed by atoms with van der Waals surface area (Å²) in [4.78, 5) is 5.04. The lowest BCUT2D eigenvalue weighted by Crippen LogP contribution is -2.48. The number of hydrogen-bond donors (Lipinski definition) is 4. The van der Waals surface area contributed by atoms with Crippen LogP contribution in [-0.4, -0.2) is 86.6 Å². The molecule has 0 rings (SSSR count). The summed E-state index contributed by atoms with van der Waals surface area (Å²) in [6.07, 6.45) is 0. The Morgan fingerprint density at radius 1 is 0.462 bits per heavy atom. The predicted molar refractivity (Wildman–Crippen MR) is 116 cm³/mol. The van der Waals surface area contributed by atoms with Gasteiger partial charge in [-0.05, 0) is 27.7 Å². The third-order valence-electron chi connectivity index (χ3n) is 4.14. The molecule has 0 aromatic heterocycles. The second-order valence-electron chi connectivity index (χ2n) is 8.49. The molecule has 0 aliphatic rings. The lowest BCUT2D eigenvalue weighted by molar-refractivity contribution is 0.179. The third kappa shape index (κ3) is 17.2. The summed E-state index contributed by atoms with van der Waals surface area (Å²) >= 11 is 0. The first kappa shape index (κ1) is 25.8. The summed E-state index contributed by atoms with van der Waals surface area (Å²) in [7, 11) is 0. The van der Waals surface area contributed by atoms with Crippen LogP contribution in [0, 0.1) is 0 Å². The zero-order valence-corrected chi connectivity index (χ0v) is 18.9. The van der Waals surface area contributed by atoms with Gasteiger partial charge in [0.05, 0.1) is 0 Å². The van der Waals surface area contributed by atoms with Gasteiger partial charge in [-0.15, -0.1) is 0 Å². The van der Waals surface area contributed by atoms with Gasteiger partial charge in [-0.25, -0.2) is 0 Å². The summed E-state index contributed by atoms with van der Waals surface area (Å²) < 4.78 is 0. The monoisotopic (exact) mass is 372 g/mol. The smallest absolute Gasteiger partial charge is 0.0483 e. The molecule has 6 heteroatoms. The fraction of sp³-hybridized carbons (Fsp3) is 1.00. The fourth-order valence-corrected chi connectivity index (χ4v) is 2.47. The Morgan fingerprint density at radius 2 is 0.769 bits per heavy atom. The van der Waals surface area contributed by atoms with Crippen molar-refractivity contribution in [2.75, 3.05) is 52.6 Å². The molecule has 0 fully saturated rings. The maximum Gasteiger partial charge on any atom is 0.0483 e. The van der Waals surface area contributed by atoms with Crippen LogP contribution in [0.4, 0.5) is 0 Å². The van der Waals surface area contributed by atoms with E-state index in [2.05, 4.69) is 86.5 Å². The average molecular weight is 373 g/mol. The minimum absolute atomic E-state index is 0.518. The van der Waals surface area contributed by atoms with E-state index in [1.54, 1.807) is 0 Å². The fourth-order valence-electron chi connectivity index (χ4n) is 2.47. The van der Waals surface area contributed by atoms with Gasteiger partial charge in [-0.2, -0.15) is 0 Å². The number of hydrogen-bond acceptors (Lipinski definition) is 6. The van der Waals surface area contributed by atoms with Crippen LogP contribution in [0.5, 0.6) is 0 Å². The van der Waals surface area contributed by atoms with E-state index >= 15 is 0 Å². The van der Waals surface area contributed by atoms with Crippen molar-refractivity contribution < 1.29 is 0 Å². The average Bonchev–Trinajstić information content (AvgIpc) is 2.52. The maximum absolute atomic E-state index is 3.57. The molecule has 26 heavy (non-hydrogen) atoms. The minimum Gasteiger partial charge on any atom is -0.313 e. The van der Waals surface area contributed by atoms with Gasteiger partial charge in [0.15, 0.2) is 0 Å². The molecular weight excluding hydrogens is 324 g/mol. The van der Waals surface area contributed by atoms with Gasteiger partial charge in [-0.3, -0.25) is 9.80 Å². The van der Waals surface area contributed by atoms with Crippen molar-refractivity contribution in [2.24, 2.45) is 0 Å². The molecule has 0 spiro atoms. The zero-order chi connectivity index (χ0) is 19.9. The quantitative estimate of drug-likeness (QED) is 0.290. The standard InChI is InChI=1S/C20H48N6/c1-17(2)21-9-11-25(15-23-19(5)6)13-14-26(16-24-20(7)8)12-10-22-18(3)4/h17-24H,9-16H2,1-8H3. The van der Waals surface area contributed by atoms with Gasteiger partial charge >= 0.3 is 0 Å². The molecule has 0 aliphatic heterocycles. The van der Waals surface area contributed by atoms with Crippen LogP contribution in [0.2, 0.25) is 0 Å². The van der Waals surface area contributed by atoms with Crippen molar-refractivity contribution in [1.82, 2.24) is 31.1 Å². The summed E-state index contributed by atoms with van der Waals surface area (Å²) in [5.74, 6) is 0. The molecule has 158 valence electrons. The van der Waals surface area contributed by atoms with E-state index in [-0.39, 0.29) is 0 Å². The second kappa shape index (κ2) is 15.8. The van der Waals surface area contributed by atoms with E-state index in [0.717, 1.165) is 52.6 Å². The van der Waals surface area contributed by atoms with Gasteiger partial charge < -0.3 is 21.3 Å². The van der Waals surface area contributed by atoms with Crippen LogP contribution in [0.3, 0.4) is 0 Å². The molecule has 0 saturated heterocycles.